The maximum absolute atomic E-state index is 9.37. The molecular formula is C8H12N2O3. The van der Waals surface area contributed by atoms with Gasteiger partial charge in [-0.2, -0.15) is 0 Å². The number of benzene rings is 1. The fraction of sp³-hybridized carbons (Fsp3) is 0.250. The Balaban J connectivity index is 2.97. The first-order chi connectivity index (χ1) is 6.02. The summed E-state index contributed by atoms with van der Waals surface area (Å²) in [6.07, 6.45) is -1.96. The van der Waals surface area contributed by atoms with Crippen molar-refractivity contribution < 1.29 is 15.3 Å². The minimum absolute atomic E-state index is 0.249. The molecule has 1 aromatic rings. The Morgan fingerprint density at radius 3 is 2.15 bits per heavy atom. The Hall–Kier alpha value is -1.30. The van der Waals surface area contributed by atoms with Crippen LogP contribution in [0.25, 0.3) is 0 Å². The lowest BCUT2D eigenvalue weighted by molar-refractivity contribution is 0.148. The molecule has 5 nitrogen and oxygen atoms in total. The van der Waals surface area contributed by atoms with Crippen molar-refractivity contribution in [2.75, 3.05) is 0 Å². The van der Waals surface area contributed by atoms with Crippen molar-refractivity contribution in [2.45, 2.75) is 12.3 Å². The van der Waals surface area contributed by atoms with Crippen LogP contribution in [0, 0.1) is 0 Å². The standard InChI is InChI=1S/C8H12N2O3/c9-8(10)7(13)4-1-2-5(11)6(12)3-4/h1-3,7-8,11-13H,9-10H2. The van der Waals surface area contributed by atoms with Crippen LogP contribution in [0.1, 0.15) is 11.7 Å². The van der Waals surface area contributed by atoms with Crippen LogP contribution in [0.15, 0.2) is 18.2 Å². The summed E-state index contributed by atoms with van der Waals surface area (Å²) in [5.74, 6) is -0.557. The average Bonchev–Trinajstić information content (AvgIpc) is 2.08. The number of aliphatic hydroxyl groups is 1. The number of aliphatic hydroxyl groups excluding tert-OH is 1. The number of phenols is 2. The summed E-state index contributed by atoms with van der Waals surface area (Å²) < 4.78 is 0. The van der Waals surface area contributed by atoms with E-state index in [4.69, 9.17) is 21.7 Å². The molecule has 0 aliphatic heterocycles. The molecule has 0 radical (unpaired) electrons. The Bertz CT molecular complexity index is 301. The van der Waals surface area contributed by atoms with Gasteiger partial charge in [0, 0.05) is 0 Å². The summed E-state index contributed by atoms with van der Waals surface area (Å²) >= 11 is 0. The van der Waals surface area contributed by atoms with Gasteiger partial charge in [-0.05, 0) is 17.7 Å². The molecule has 1 aromatic carbocycles. The Labute approximate surface area is 75.2 Å². The fourth-order valence-corrected chi connectivity index (χ4v) is 0.947. The van der Waals surface area contributed by atoms with Crippen molar-refractivity contribution in [2.24, 2.45) is 11.5 Å². The molecule has 0 spiro atoms. The summed E-state index contributed by atoms with van der Waals surface area (Å²) in [7, 11) is 0. The van der Waals surface area contributed by atoms with E-state index in [0.29, 0.717) is 5.56 Å². The lowest BCUT2D eigenvalue weighted by atomic mass is 10.1. The Morgan fingerprint density at radius 1 is 1.08 bits per heavy atom. The molecule has 1 unspecified atom stereocenters. The molecule has 7 N–H and O–H groups in total. The molecule has 13 heavy (non-hydrogen) atoms. The van der Waals surface area contributed by atoms with Crippen molar-refractivity contribution in [3.63, 3.8) is 0 Å². The molecule has 1 atom stereocenters. The molecule has 5 heteroatoms. The first-order valence-electron chi connectivity index (χ1n) is 3.73. The number of rotatable bonds is 2. The van der Waals surface area contributed by atoms with Gasteiger partial charge in [-0.15, -0.1) is 0 Å². The lowest BCUT2D eigenvalue weighted by Crippen LogP contribution is -2.37. The molecule has 1 rings (SSSR count). The van der Waals surface area contributed by atoms with Gasteiger partial charge in [0.1, 0.15) is 6.10 Å². The van der Waals surface area contributed by atoms with Gasteiger partial charge in [0.25, 0.3) is 0 Å². The highest BCUT2D eigenvalue weighted by Crippen LogP contribution is 2.27. The van der Waals surface area contributed by atoms with Crippen LogP contribution in [-0.2, 0) is 0 Å². The van der Waals surface area contributed by atoms with Crippen molar-refractivity contribution in [1.82, 2.24) is 0 Å². The molecule has 0 saturated carbocycles. The van der Waals surface area contributed by atoms with Gasteiger partial charge in [0.05, 0.1) is 6.17 Å². The van der Waals surface area contributed by atoms with E-state index in [1.807, 2.05) is 0 Å². The molecule has 0 aromatic heterocycles. The SMILES string of the molecule is NC(N)C(O)c1ccc(O)c(O)c1. The Morgan fingerprint density at radius 2 is 1.69 bits per heavy atom. The number of hydrogen-bond acceptors (Lipinski definition) is 5. The maximum Gasteiger partial charge on any atom is 0.157 e. The molecule has 0 saturated heterocycles. The van der Waals surface area contributed by atoms with Gasteiger partial charge >= 0.3 is 0 Å². The zero-order valence-electron chi connectivity index (χ0n) is 6.88. The number of aromatic hydroxyl groups is 2. The minimum Gasteiger partial charge on any atom is -0.504 e. The van der Waals surface area contributed by atoms with Gasteiger partial charge in [-0.1, -0.05) is 6.07 Å². The van der Waals surface area contributed by atoms with Gasteiger partial charge in [-0.25, -0.2) is 0 Å². The van der Waals surface area contributed by atoms with Crippen LogP contribution in [0.4, 0.5) is 0 Å². The van der Waals surface area contributed by atoms with Crippen LogP contribution in [-0.4, -0.2) is 21.5 Å². The van der Waals surface area contributed by atoms with E-state index in [9.17, 15) is 5.11 Å². The second-order valence-corrected chi connectivity index (χ2v) is 2.77. The van der Waals surface area contributed by atoms with Crippen LogP contribution in [0.3, 0.4) is 0 Å². The van der Waals surface area contributed by atoms with E-state index in [1.54, 1.807) is 0 Å². The number of nitrogens with two attached hydrogens (primary N) is 2. The molecule has 0 amide bonds. The fourth-order valence-electron chi connectivity index (χ4n) is 0.947. The van der Waals surface area contributed by atoms with E-state index in [1.165, 1.54) is 18.2 Å². The van der Waals surface area contributed by atoms with Gasteiger partial charge in [-0.3, -0.25) is 0 Å². The molecule has 0 aliphatic carbocycles. The van der Waals surface area contributed by atoms with E-state index in [0.717, 1.165) is 0 Å². The third-order valence-electron chi connectivity index (χ3n) is 1.71. The first kappa shape index (κ1) is 9.79. The highest BCUT2D eigenvalue weighted by molar-refractivity contribution is 5.41. The number of hydrogen-bond donors (Lipinski definition) is 5. The van der Waals surface area contributed by atoms with Crippen molar-refractivity contribution in [3.8, 4) is 11.5 Å². The quantitative estimate of drug-likeness (QED) is 0.310. The van der Waals surface area contributed by atoms with Crippen molar-refractivity contribution in [1.29, 1.82) is 0 Å². The molecule has 0 fully saturated rings. The zero-order chi connectivity index (χ0) is 10.0. The average molecular weight is 184 g/mol. The lowest BCUT2D eigenvalue weighted by Gasteiger charge is -2.14. The molecule has 0 aliphatic rings. The third kappa shape index (κ3) is 2.09. The smallest absolute Gasteiger partial charge is 0.157 e. The summed E-state index contributed by atoms with van der Waals surface area (Å²) in [5, 5.41) is 27.4. The van der Waals surface area contributed by atoms with Crippen molar-refractivity contribution >= 4 is 0 Å². The van der Waals surface area contributed by atoms with Gasteiger partial charge in [0.2, 0.25) is 0 Å². The summed E-state index contributed by atoms with van der Waals surface area (Å²) in [6.45, 7) is 0. The second kappa shape index (κ2) is 3.61. The predicted molar refractivity (Wildman–Crippen MR) is 46.9 cm³/mol. The topological polar surface area (TPSA) is 113 Å². The first-order valence-corrected chi connectivity index (χ1v) is 3.73. The van der Waals surface area contributed by atoms with Gasteiger partial charge < -0.3 is 26.8 Å². The summed E-state index contributed by atoms with van der Waals surface area (Å²) in [5.41, 5.74) is 10.8. The summed E-state index contributed by atoms with van der Waals surface area (Å²) in [6, 6.07) is 3.91. The van der Waals surface area contributed by atoms with E-state index >= 15 is 0 Å². The zero-order valence-corrected chi connectivity index (χ0v) is 6.88. The largest absolute Gasteiger partial charge is 0.504 e. The number of phenolic OH excluding ortho intramolecular Hbond substituents is 2. The van der Waals surface area contributed by atoms with E-state index in [2.05, 4.69) is 0 Å². The summed E-state index contributed by atoms with van der Waals surface area (Å²) in [4.78, 5) is 0. The van der Waals surface area contributed by atoms with Crippen molar-refractivity contribution in [3.05, 3.63) is 23.8 Å². The molecule has 72 valence electrons. The molecule has 0 bridgehead atoms. The second-order valence-electron chi connectivity index (χ2n) is 2.77. The van der Waals surface area contributed by atoms with Crippen LogP contribution in [0.2, 0.25) is 0 Å². The highest BCUT2D eigenvalue weighted by Gasteiger charge is 2.14. The van der Waals surface area contributed by atoms with Crippen LogP contribution >= 0.6 is 0 Å². The van der Waals surface area contributed by atoms with Gasteiger partial charge in [0.15, 0.2) is 11.5 Å². The third-order valence-corrected chi connectivity index (χ3v) is 1.71. The normalized spacial score (nSPS) is 13.2. The minimum atomic E-state index is -1.05. The van der Waals surface area contributed by atoms with Crippen LogP contribution in [0.5, 0.6) is 11.5 Å². The highest BCUT2D eigenvalue weighted by atomic mass is 16.3. The maximum atomic E-state index is 9.37. The monoisotopic (exact) mass is 184 g/mol. The van der Waals surface area contributed by atoms with E-state index in [-0.39, 0.29) is 11.5 Å². The Kier molecular flexibility index (Phi) is 2.72. The molecule has 0 heterocycles. The predicted octanol–water partition coefficient (Wildman–Crippen LogP) is -0.625. The van der Waals surface area contributed by atoms with E-state index < -0.39 is 12.3 Å². The molecular weight excluding hydrogens is 172 g/mol. The van der Waals surface area contributed by atoms with Crippen LogP contribution < -0.4 is 11.5 Å².